The van der Waals surface area contributed by atoms with E-state index in [0.717, 1.165) is 61.6 Å². The molecule has 44 heavy (non-hydrogen) atoms. The number of benzene rings is 2. The number of nitrogens with two attached hydrogens (primary N) is 1. The van der Waals surface area contributed by atoms with Crippen molar-refractivity contribution in [3.8, 4) is 0 Å². The number of likely N-dealkylation sites (N-methyl/N-ethyl adjacent to an activating group) is 1. The van der Waals surface area contributed by atoms with E-state index in [0.29, 0.717) is 25.0 Å². The molecule has 3 rings (SSSR count). The second-order valence-corrected chi connectivity index (χ2v) is 11.8. The Labute approximate surface area is 275 Å². The summed E-state index contributed by atoms with van der Waals surface area (Å²) in [6.07, 6.45) is 0. The minimum atomic E-state index is -0.232. The number of esters is 2. The van der Waals surface area contributed by atoms with E-state index in [1.165, 1.54) is 11.3 Å². The topological polar surface area (TPSA) is 88.3 Å². The van der Waals surface area contributed by atoms with E-state index < -0.39 is 0 Å². The van der Waals surface area contributed by atoms with Gasteiger partial charge in [-0.15, -0.1) is 23.2 Å². The van der Waals surface area contributed by atoms with Crippen molar-refractivity contribution in [2.75, 3.05) is 89.0 Å². The van der Waals surface area contributed by atoms with Crippen LogP contribution in [0.15, 0.2) is 36.4 Å². The van der Waals surface area contributed by atoms with E-state index in [9.17, 15) is 9.59 Å². The van der Waals surface area contributed by atoms with Crippen molar-refractivity contribution < 1.29 is 19.1 Å². The van der Waals surface area contributed by atoms with Crippen LogP contribution < -0.4 is 10.6 Å². The number of hydrogen-bond acceptors (Lipinski definition) is 8. The predicted molar refractivity (Wildman–Crippen MR) is 186 cm³/mol. The lowest BCUT2D eigenvalue weighted by molar-refractivity contribution is -0.145. The molecule has 0 radical (unpaired) electrons. The minimum absolute atomic E-state index is 0.149. The number of anilines is 2. The Bertz CT molecular complexity index is 1140. The van der Waals surface area contributed by atoms with Gasteiger partial charge in [0.1, 0.15) is 0 Å². The van der Waals surface area contributed by atoms with Gasteiger partial charge in [0.15, 0.2) is 0 Å². The van der Waals surface area contributed by atoms with Gasteiger partial charge in [-0.05, 0) is 90.0 Å². The highest BCUT2D eigenvalue weighted by atomic mass is 35.5. The lowest BCUT2D eigenvalue weighted by Gasteiger charge is -2.35. The molecule has 2 aromatic carbocycles. The van der Waals surface area contributed by atoms with Crippen molar-refractivity contribution in [1.82, 2.24) is 9.80 Å². The first-order valence-electron chi connectivity index (χ1n) is 15.4. The molecule has 1 aliphatic rings. The smallest absolute Gasteiger partial charge is 0.313 e. The van der Waals surface area contributed by atoms with Gasteiger partial charge in [0.2, 0.25) is 0 Å². The molecule has 0 aliphatic carbocycles. The zero-order valence-electron chi connectivity index (χ0n) is 28.0. The largest absolute Gasteiger partial charge is 0.466 e. The number of carbonyl (C=O) groups excluding carboxylic acids is 2. The average Bonchev–Trinajstić information content (AvgIpc) is 2.99. The van der Waals surface area contributed by atoms with Crippen LogP contribution in [0.2, 0.25) is 0 Å². The van der Waals surface area contributed by atoms with E-state index in [-0.39, 0.29) is 23.8 Å². The van der Waals surface area contributed by atoms with Crippen LogP contribution in [0.4, 0.5) is 11.4 Å². The molecule has 10 heteroatoms. The Balaban J connectivity index is 0.000000367. The minimum Gasteiger partial charge on any atom is -0.466 e. The Kier molecular flexibility index (Phi) is 19.1. The third-order valence-corrected chi connectivity index (χ3v) is 7.91. The summed E-state index contributed by atoms with van der Waals surface area (Å²) >= 11 is 10.9. The van der Waals surface area contributed by atoms with Crippen molar-refractivity contribution in [2.45, 2.75) is 53.4 Å². The summed E-state index contributed by atoms with van der Waals surface area (Å²) in [5.74, 6) is 0.598. The number of alkyl halides is 2. The van der Waals surface area contributed by atoms with Crippen molar-refractivity contribution in [2.24, 2.45) is 0 Å². The normalized spacial score (nSPS) is 14.5. The maximum atomic E-state index is 11.8. The first-order valence-corrected chi connectivity index (χ1v) is 16.5. The van der Waals surface area contributed by atoms with Gasteiger partial charge in [0, 0.05) is 62.4 Å². The molecule has 0 bridgehead atoms. The maximum Gasteiger partial charge on any atom is 0.313 e. The summed E-state index contributed by atoms with van der Waals surface area (Å²) < 4.78 is 10.1. The van der Waals surface area contributed by atoms with Crippen LogP contribution >= 0.6 is 23.2 Å². The number of piperazine rings is 1. The molecule has 0 amide bonds. The molecule has 1 fully saturated rings. The van der Waals surface area contributed by atoms with Crippen LogP contribution in [0, 0.1) is 13.8 Å². The van der Waals surface area contributed by atoms with E-state index in [2.05, 4.69) is 46.9 Å². The monoisotopic (exact) mass is 652 g/mol. The quantitative estimate of drug-likeness (QED) is 0.178. The summed E-state index contributed by atoms with van der Waals surface area (Å²) in [6.45, 7) is 18.4. The third kappa shape index (κ3) is 13.6. The van der Waals surface area contributed by atoms with Crippen LogP contribution in [0.25, 0.3) is 0 Å². The second kappa shape index (κ2) is 21.3. The van der Waals surface area contributed by atoms with Gasteiger partial charge >= 0.3 is 11.9 Å². The molecule has 2 N–H and O–H groups in total. The maximum absolute atomic E-state index is 11.8. The number of rotatable bonds is 11. The molecule has 2 aromatic rings. The van der Waals surface area contributed by atoms with E-state index in [1.807, 2.05) is 52.9 Å². The molecular weight excluding hydrogens is 599 g/mol. The lowest BCUT2D eigenvalue weighted by atomic mass is 9.98. The molecule has 2 atom stereocenters. The summed E-state index contributed by atoms with van der Waals surface area (Å²) in [4.78, 5) is 30.2. The van der Waals surface area contributed by atoms with E-state index in [1.54, 1.807) is 6.92 Å². The Morgan fingerprint density at radius 2 is 1.30 bits per heavy atom. The van der Waals surface area contributed by atoms with Gasteiger partial charge in [-0.2, -0.15) is 0 Å². The SMILES string of the molecule is CCOC(=O)C(C)c1ccc(N)c(C)c1.CCOC(=O)C(C)c1ccc(N2CCN(C)CC2)c(C)c1.CN(CCCl)CCCl. The number of halogens is 2. The highest BCUT2D eigenvalue weighted by Crippen LogP contribution is 2.26. The molecular formula is C34H54Cl2N4O4. The molecule has 0 aromatic heterocycles. The standard InChI is InChI=1S/C17H26N2O2.C12H17NO2.C5H11Cl2N/c1-5-21-17(20)14(3)15-6-7-16(13(2)12-15)19-10-8-18(4)9-11-19;1-4-15-12(14)9(3)10-5-6-11(13)8(2)7-10;1-8(4-2-6)5-3-7/h6-7,12,14H,5,8-11H2,1-4H3;5-7,9H,4,13H2,1-3H3;2-5H2,1H3. The van der Waals surface area contributed by atoms with E-state index >= 15 is 0 Å². The molecule has 248 valence electrons. The fourth-order valence-corrected chi connectivity index (χ4v) is 5.10. The highest BCUT2D eigenvalue weighted by Gasteiger charge is 2.20. The van der Waals surface area contributed by atoms with Crippen molar-refractivity contribution in [1.29, 1.82) is 0 Å². The zero-order valence-corrected chi connectivity index (χ0v) is 29.5. The van der Waals surface area contributed by atoms with Crippen LogP contribution in [-0.2, 0) is 19.1 Å². The first kappa shape index (κ1) is 39.5. The molecule has 0 spiro atoms. The number of hydrogen-bond donors (Lipinski definition) is 1. The molecule has 8 nitrogen and oxygen atoms in total. The summed E-state index contributed by atoms with van der Waals surface area (Å²) in [6, 6.07) is 11.9. The van der Waals surface area contributed by atoms with E-state index in [4.69, 9.17) is 38.4 Å². The molecule has 1 aliphatic heterocycles. The number of nitrogens with zero attached hydrogens (tertiary/aromatic N) is 3. The number of ether oxygens (including phenoxy) is 2. The fourth-order valence-electron chi connectivity index (χ4n) is 4.53. The Morgan fingerprint density at radius 1 is 0.841 bits per heavy atom. The average molecular weight is 654 g/mol. The van der Waals surface area contributed by atoms with Crippen LogP contribution in [0.5, 0.6) is 0 Å². The molecule has 2 unspecified atom stereocenters. The van der Waals surface area contributed by atoms with Crippen molar-refractivity contribution >= 4 is 46.5 Å². The molecule has 0 saturated carbocycles. The van der Waals surface area contributed by atoms with Gasteiger partial charge < -0.3 is 29.9 Å². The second-order valence-electron chi connectivity index (χ2n) is 11.1. The van der Waals surface area contributed by atoms with Gasteiger partial charge in [-0.1, -0.05) is 24.3 Å². The Morgan fingerprint density at radius 3 is 1.70 bits per heavy atom. The fraction of sp³-hybridized carbons (Fsp3) is 0.588. The highest BCUT2D eigenvalue weighted by molar-refractivity contribution is 6.18. The molecule has 1 heterocycles. The Hall–Kier alpha value is -2.52. The zero-order chi connectivity index (χ0) is 33.2. The number of carbonyl (C=O) groups is 2. The number of aryl methyl sites for hydroxylation is 2. The lowest BCUT2D eigenvalue weighted by Crippen LogP contribution is -2.44. The van der Waals surface area contributed by atoms with Crippen LogP contribution in [-0.4, -0.2) is 100 Å². The van der Waals surface area contributed by atoms with Crippen LogP contribution in [0.3, 0.4) is 0 Å². The van der Waals surface area contributed by atoms with Crippen molar-refractivity contribution in [3.05, 3.63) is 58.7 Å². The summed E-state index contributed by atoms with van der Waals surface area (Å²) in [7, 11) is 4.17. The predicted octanol–water partition coefficient (Wildman–Crippen LogP) is 6.05. The van der Waals surface area contributed by atoms with Gasteiger partial charge in [-0.3, -0.25) is 9.59 Å². The van der Waals surface area contributed by atoms with Gasteiger partial charge in [-0.25, -0.2) is 0 Å². The summed E-state index contributed by atoms with van der Waals surface area (Å²) in [5, 5.41) is 0. The number of nitrogen functional groups attached to an aromatic ring is 1. The van der Waals surface area contributed by atoms with Crippen LogP contribution in [0.1, 0.15) is 61.8 Å². The van der Waals surface area contributed by atoms with Crippen molar-refractivity contribution in [3.63, 3.8) is 0 Å². The first-order chi connectivity index (χ1) is 20.9. The summed E-state index contributed by atoms with van der Waals surface area (Å²) in [5.41, 5.74) is 11.9. The molecule has 1 saturated heterocycles. The van der Waals surface area contributed by atoms with Gasteiger partial charge in [0.05, 0.1) is 25.0 Å². The third-order valence-electron chi connectivity index (χ3n) is 7.57. The van der Waals surface area contributed by atoms with Gasteiger partial charge in [0.25, 0.3) is 0 Å².